The highest BCUT2D eigenvalue weighted by atomic mass is 19.4. The molecule has 0 unspecified atom stereocenters. The number of rotatable bonds is 6. The first kappa shape index (κ1) is 13.3. The number of hydrogen-bond donors (Lipinski definition) is 1. The summed E-state index contributed by atoms with van der Waals surface area (Å²) in [7, 11) is 0. The monoisotopic (exact) mass is 265 g/mol. The zero-order chi connectivity index (χ0) is 13.2. The van der Waals surface area contributed by atoms with Gasteiger partial charge >= 0.3 is 6.18 Å². The molecule has 2 rings (SSSR count). The van der Waals surface area contributed by atoms with E-state index in [1.807, 2.05) is 0 Å². The molecule has 0 amide bonds. The predicted octanol–water partition coefficient (Wildman–Crippen LogP) is 1.18. The lowest BCUT2D eigenvalue weighted by atomic mass is 10.1. The highest BCUT2D eigenvalue weighted by Gasteiger charge is 2.48. The van der Waals surface area contributed by atoms with Gasteiger partial charge in [-0.05, 0) is 12.8 Å². The average molecular weight is 265 g/mol. The van der Waals surface area contributed by atoms with Gasteiger partial charge in [0, 0.05) is 13.0 Å². The van der Waals surface area contributed by atoms with Crippen LogP contribution in [0, 0.1) is 0 Å². The fraction of sp³-hybridized carbons (Fsp3) is 0.800. The quantitative estimate of drug-likeness (QED) is 0.782. The molecule has 1 aromatic heterocycles. The lowest BCUT2D eigenvalue weighted by Crippen LogP contribution is -2.20. The summed E-state index contributed by atoms with van der Waals surface area (Å²) in [5, 5.41) is 3.70. The van der Waals surface area contributed by atoms with E-state index in [2.05, 4.69) is 14.9 Å². The van der Waals surface area contributed by atoms with Crippen molar-refractivity contribution in [2.75, 3.05) is 19.8 Å². The van der Waals surface area contributed by atoms with Gasteiger partial charge in [0.05, 0.1) is 12.0 Å². The maximum absolute atomic E-state index is 11.8. The standard InChI is InChI=1S/C10H14F3N3O2/c11-10(12,13)6-17-4-1-7-15-8(18-16-7)9(5-14)2-3-9/h1-6,14H2. The summed E-state index contributed by atoms with van der Waals surface area (Å²) in [6, 6.07) is 0. The molecule has 0 aliphatic heterocycles. The normalized spacial score (nSPS) is 18.0. The van der Waals surface area contributed by atoms with E-state index in [0.29, 0.717) is 18.3 Å². The third-order valence-electron chi connectivity index (χ3n) is 2.90. The molecule has 0 saturated heterocycles. The summed E-state index contributed by atoms with van der Waals surface area (Å²) in [6.45, 7) is -0.905. The number of nitrogens with zero attached hydrogens (tertiary/aromatic N) is 2. The van der Waals surface area contributed by atoms with Crippen LogP contribution in [0.25, 0.3) is 0 Å². The van der Waals surface area contributed by atoms with E-state index < -0.39 is 12.8 Å². The third kappa shape index (κ3) is 3.20. The molecule has 1 aliphatic carbocycles. The van der Waals surface area contributed by atoms with Gasteiger partial charge in [-0.15, -0.1) is 0 Å². The molecule has 1 saturated carbocycles. The smallest absolute Gasteiger partial charge is 0.372 e. The molecule has 2 N–H and O–H groups in total. The molecule has 0 spiro atoms. The highest BCUT2D eigenvalue weighted by molar-refractivity contribution is 5.16. The van der Waals surface area contributed by atoms with Crippen LogP contribution in [0.2, 0.25) is 0 Å². The SMILES string of the molecule is NCC1(c2nc(CCOCC(F)(F)F)no2)CC1. The van der Waals surface area contributed by atoms with Gasteiger partial charge < -0.3 is 15.0 Å². The van der Waals surface area contributed by atoms with Gasteiger partial charge in [-0.3, -0.25) is 0 Å². The summed E-state index contributed by atoms with van der Waals surface area (Å²) in [5.74, 6) is 0.836. The van der Waals surface area contributed by atoms with E-state index in [-0.39, 0.29) is 18.4 Å². The molecule has 18 heavy (non-hydrogen) atoms. The predicted molar refractivity (Wildman–Crippen MR) is 54.8 cm³/mol. The average Bonchev–Trinajstić information content (AvgIpc) is 2.96. The van der Waals surface area contributed by atoms with Crippen LogP contribution in [0.4, 0.5) is 13.2 Å². The van der Waals surface area contributed by atoms with Crippen molar-refractivity contribution < 1.29 is 22.4 Å². The molecular weight excluding hydrogens is 251 g/mol. The molecule has 1 aromatic rings. The van der Waals surface area contributed by atoms with E-state index in [4.69, 9.17) is 10.3 Å². The molecule has 0 aromatic carbocycles. The Hall–Kier alpha value is -1.15. The van der Waals surface area contributed by atoms with Crippen molar-refractivity contribution >= 4 is 0 Å². The molecule has 102 valence electrons. The van der Waals surface area contributed by atoms with Crippen LogP contribution in [0.5, 0.6) is 0 Å². The first-order valence-corrected chi connectivity index (χ1v) is 5.63. The Labute approximate surface area is 101 Å². The van der Waals surface area contributed by atoms with Gasteiger partial charge in [0.15, 0.2) is 5.82 Å². The van der Waals surface area contributed by atoms with Crippen LogP contribution in [0.15, 0.2) is 4.52 Å². The van der Waals surface area contributed by atoms with Gasteiger partial charge in [0.1, 0.15) is 6.61 Å². The van der Waals surface area contributed by atoms with E-state index >= 15 is 0 Å². The van der Waals surface area contributed by atoms with Gasteiger partial charge in [-0.2, -0.15) is 18.2 Å². The van der Waals surface area contributed by atoms with Crippen molar-refractivity contribution in [2.24, 2.45) is 5.73 Å². The fourth-order valence-electron chi connectivity index (χ4n) is 1.58. The number of ether oxygens (including phenoxy) is 1. The first-order chi connectivity index (χ1) is 8.45. The number of nitrogens with two attached hydrogens (primary N) is 1. The molecule has 8 heteroatoms. The van der Waals surface area contributed by atoms with Crippen molar-refractivity contribution in [3.63, 3.8) is 0 Å². The van der Waals surface area contributed by atoms with Crippen molar-refractivity contribution in [3.8, 4) is 0 Å². The lowest BCUT2D eigenvalue weighted by molar-refractivity contribution is -0.173. The van der Waals surface area contributed by atoms with Gasteiger partial charge in [-0.1, -0.05) is 5.16 Å². The second-order valence-electron chi connectivity index (χ2n) is 4.42. The molecular formula is C10H14F3N3O2. The van der Waals surface area contributed by atoms with Crippen LogP contribution in [-0.4, -0.2) is 36.1 Å². The molecule has 0 bridgehead atoms. The number of aromatic nitrogens is 2. The topological polar surface area (TPSA) is 74.2 Å². The Morgan fingerprint density at radius 2 is 2.11 bits per heavy atom. The molecule has 5 nitrogen and oxygen atoms in total. The van der Waals surface area contributed by atoms with Gasteiger partial charge in [-0.25, -0.2) is 0 Å². The molecule has 0 radical (unpaired) electrons. The summed E-state index contributed by atoms with van der Waals surface area (Å²) in [6.07, 6.45) is -2.29. The molecule has 1 heterocycles. The maximum Gasteiger partial charge on any atom is 0.411 e. The van der Waals surface area contributed by atoms with Crippen LogP contribution in [0.1, 0.15) is 24.6 Å². The molecule has 1 fully saturated rings. The second-order valence-corrected chi connectivity index (χ2v) is 4.42. The fourth-order valence-corrected chi connectivity index (χ4v) is 1.58. The largest absolute Gasteiger partial charge is 0.411 e. The van der Waals surface area contributed by atoms with E-state index in [0.717, 1.165) is 12.8 Å². The number of hydrogen-bond acceptors (Lipinski definition) is 5. The highest BCUT2D eigenvalue weighted by Crippen LogP contribution is 2.46. The second kappa shape index (κ2) is 4.85. The minimum atomic E-state index is -4.31. The first-order valence-electron chi connectivity index (χ1n) is 5.63. The molecule has 1 aliphatic rings. The summed E-state index contributed by atoms with van der Waals surface area (Å²) in [5.41, 5.74) is 5.41. The van der Waals surface area contributed by atoms with Crippen molar-refractivity contribution in [2.45, 2.75) is 30.9 Å². The van der Waals surface area contributed by atoms with Crippen molar-refractivity contribution in [3.05, 3.63) is 11.7 Å². The van der Waals surface area contributed by atoms with Crippen LogP contribution < -0.4 is 5.73 Å². The Kier molecular flexibility index (Phi) is 3.58. The number of halogens is 3. The summed E-state index contributed by atoms with van der Waals surface area (Å²) < 4.78 is 45.0. The van der Waals surface area contributed by atoms with Crippen LogP contribution in [-0.2, 0) is 16.6 Å². The minimum Gasteiger partial charge on any atom is -0.372 e. The van der Waals surface area contributed by atoms with E-state index in [9.17, 15) is 13.2 Å². The van der Waals surface area contributed by atoms with Crippen LogP contribution >= 0.6 is 0 Å². The van der Waals surface area contributed by atoms with Crippen LogP contribution in [0.3, 0.4) is 0 Å². The minimum absolute atomic E-state index is 0.0892. The summed E-state index contributed by atoms with van der Waals surface area (Å²) in [4.78, 5) is 4.13. The Morgan fingerprint density at radius 1 is 1.39 bits per heavy atom. The Balaban J connectivity index is 1.77. The lowest BCUT2D eigenvalue weighted by Gasteiger charge is -2.05. The molecule has 0 atom stereocenters. The maximum atomic E-state index is 11.8. The van der Waals surface area contributed by atoms with E-state index in [1.165, 1.54) is 0 Å². The zero-order valence-corrected chi connectivity index (χ0v) is 9.66. The number of alkyl halides is 3. The van der Waals surface area contributed by atoms with E-state index in [1.54, 1.807) is 0 Å². The van der Waals surface area contributed by atoms with Crippen molar-refractivity contribution in [1.82, 2.24) is 10.1 Å². The third-order valence-corrected chi connectivity index (χ3v) is 2.90. The van der Waals surface area contributed by atoms with Gasteiger partial charge in [0.25, 0.3) is 0 Å². The summed E-state index contributed by atoms with van der Waals surface area (Å²) >= 11 is 0. The Bertz CT molecular complexity index is 401. The zero-order valence-electron chi connectivity index (χ0n) is 9.66. The van der Waals surface area contributed by atoms with Crippen molar-refractivity contribution in [1.29, 1.82) is 0 Å². The van der Waals surface area contributed by atoms with Gasteiger partial charge in [0.2, 0.25) is 5.89 Å². The Morgan fingerprint density at radius 3 is 2.67 bits per heavy atom.